The van der Waals surface area contributed by atoms with E-state index in [1.807, 2.05) is 30.3 Å². The maximum atomic E-state index is 13.3. The molecule has 1 aromatic carbocycles. The molecule has 0 nitrogen and oxygen atoms in total. The summed E-state index contributed by atoms with van der Waals surface area (Å²) in [7, 11) is 0. The summed E-state index contributed by atoms with van der Waals surface area (Å²) >= 11 is 2.70. The van der Waals surface area contributed by atoms with Gasteiger partial charge in [-0.3, -0.25) is 0 Å². The summed E-state index contributed by atoms with van der Waals surface area (Å²) < 4.78 is 27.8. The second-order valence-electron chi connectivity index (χ2n) is 4.05. The molecular formula is C12H13BrF2Se. The summed E-state index contributed by atoms with van der Waals surface area (Å²) in [5.74, 6) is -0.479. The summed E-state index contributed by atoms with van der Waals surface area (Å²) in [5.41, 5.74) is 0. The Balaban J connectivity index is 2.05. The molecule has 0 aliphatic heterocycles. The minimum absolute atomic E-state index is 0.166. The molecule has 0 heterocycles. The van der Waals surface area contributed by atoms with Crippen LogP contribution in [0.1, 0.15) is 19.3 Å². The van der Waals surface area contributed by atoms with E-state index in [0.29, 0.717) is 6.42 Å². The van der Waals surface area contributed by atoms with Gasteiger partial charge in [0.25, 0.3) is 0 Å². The average molecular weight is 354 g/mol. The fourth-order valence-corrected chi connectivity index (χ4v) is 6.04. The molecule has 1 aromatic rings. The van der Waals surface area contributed by atoms with Crippen LogP contribution in [0.4, 0.5) is 8.78 Å². The SMILES string of the molecule is FC(F)(Br)C1CCCC1[Se]c1ccccc1. The van der Waals surface area contributed by atoms with Crippen molar-refractivity contribution in [1.82, 2.24) is 0 Å². The topological polar surface area (TPSA) is 0 Å². The van der Waals surface area contributed by atoms with Crippen molar-refractivity contribution < 1.29 is 8.78 Å². The Kier molecular flexibility index (Phi) is 4.04. The monoisotopic (exact) mass is 354 g/mol. The molecule has 1 aliphatic carbocycles. The molecule has 88 valence electrons. The third-order valence-corrected chi connectivity index (χ3v) is 6.45. The molecule has 1 fully saturated rings. The van der Waals surface area contributed by atoms with Crippen LogP contribution in [-0.4, -0.2) is 19.8 Å². The molecule has 0 saturated heterocycles. The molecule has 2 unspecified atom stereocenters. The van der Waals surface area contributed by atoms with Crippen molar-refractivity contribution in [2.24, 2.45) is 5.92 Å². The van der Waals surface area contributed by atoms with Crippen LogP contribution in [0.25, 0.3) is 0 Å². The van der Waals surface area contributed by atoms with Crippen molar-refractivity contribution in [2.75, 3.05) is 0 Å². The van der Waals surface area contributed by atoms with E-state index in [2.05, 4.69) is 15.9 Å². The normalized spacial score (nSPS) is 25.9. The number of alkyl halides is 3. The van der Waals surface area contributed by atoms with Crippen molar-refractivity contribution in [1.29, 1.82) is 0 Å². The molecular weight excluding hydrogens is 341 g/mol. The zero-order valence-corrected chi connectivity index (χ0v) is 12.0. The van der Waals surface area contributed by atoms with E-state index in [1.54, 1.807) is 0 Å². The number of benzene rings is 1. The standard InChI is InChI=1S/C12H13BrF2Se/c13-12(14,15)10-7-4-8-11(10)16-9-5-2-1-3-6-9/h1-3,5-6,10-11H,4,7-8H2. The molecule has 0 radical (unpaired) electrons. The van der Waals surface area contributed by atoms with Crippen LogP contribution in [-0.2, 0) is 0 Å². The van der Waals surface area contributed by atoms with Crippen molar-refractivity contribution in [2.45, 2.75) is 28.9 Å². The molecule has 1 aliphatic rings. The molecule has 2 rings (SSSR count). The van der Waals surface area contributed by atoms with Crippen molar-refractivity contribution >= 4 is 35.3 Å². The first kappa shape index (κ1) is 12.5. The van der Waals surface area contributed by atoms with Gasteiger partial charge in [-0.2, -0.15) is 0 Å². The van der Waals surface area contributed by atoms with Gasteiger partial charge in [0.15, 0.2) is 0 Å². The predicted octanol–water partition coefficient (Wildman–Crippen LogP) is 3.59. The molecule has 0 N–H and O–H groups in total. The summed E-state index contributed by atoms with van der Waals surface area (Å²) in [5, 5.41) is 0. The van der Waals surface area contributed by atoms with E-state index in [0.717, 1.165) is 12.8 Å². The Morgan fingerprint density at radius 3 is 2.50 bits per heavy atom. The van der Waals surface area contributed by atoms with E-state index in [-0.39, 0.29) is 19.8 Å². The van der Waals surface area contributed by atoms with Gasteiger partial charge in [0.1, 0.15) is 0 Å². The third-order valence-electron chi connectivity index (χ3n) is 2.90. The fraction of sp³-hybridized carbons (Fsp3) is 0.500. The first-order valence-corrected chi connectivity index (χ1v) is 7.99. The number of hydrogen-bond donors (Lipinski definition) is 0. The fourth-order valence-electron chi connectivity index (χ4n) is 2.12. The van der Waals surface area contributed by atoms with E-state index in [1.165, 1.54) is 4.46 Å². The van der Waals surface area contributed by atoms with Crippen LogP contribution in [0.2, 0.25) is 4.82 Å². The predicted molar refractivity (Wildman–Crippen MR) is 66.8 cm³/mol. The molecule has 2 atom stereocenters. The second-order valence-corrected chi connectivity index (χ2v) is 7.86. The average Bonchev–Trinajstić information content (AvgIpc) is 2.67. The van der Waals surface area contributed by atoms with E-state index in [9.17, 15) is 8.78 Å². The maximum absolute atomic E-state index is 13.3. The summed E-state index contributed by atoms with van der Waals surface area (Å²) in [6, 6.07) is 10.0. The van der Waals surface area contributed by atoms with Crippen LogP contribution in [0.5, 0.6) is 0 Å². The van der Waals surface area contributed by atoms with Gasteiger partial charge in [-0.15, -0.1) is 0 Å². The van der Waals surface area contributed by atoms with Gasteiger partial charge in [0.05, 0.1) is 0 Å². The van der Waals surface area contributed by atoms with Gasteiger partial charge < -0.3 is 0 Å². The first-order chi connectivity index (χ1) is 7.57. The molecule has 0 amide bonds. The minimum atomic E-state index is -2.69. The van der Waals surface area contributed by atoms with Crippen molar-refractivity contribution in [3.8, 4) is 0 Å². The summed E-state index contributed by atoms with van der Waals surface area (Å²) in [6.07, 6.45) is 2.53. The second kappa shape index (κ2) is 5.16. The Bertz CT molecular complexity index is 337. The summed E-state index contributed by atoms with van der Waals surface area (Å²) in [6.45, 7) is 0. The Hall–Kier alpha value is 0.0795. The Labute approximate surface area is 109 Å². The summed E-state index contributed by atoms with van der Waals surface area (Å²) in [4.78, 5) is -2.52. The molecule has 0 bridgehead atoms. The Morgan fingerprint density at radius 2 is 1.88 bits per heavy atom. The molecule has 1 saturated carbocycles. The van der Waals surface area contributed by atoms with Gasteiger partial charge in [-0.25, -0.2) is 0 Å². The third kappa shape index (κ3) is 3.05. The zero-order valence-electron chi connectivity index (χ0n) is 8.70. The molecule has 16 heavy (non-hydrogen) atoms. The van der Waals surface area contributed by atoms with Gasteiger partial charge >= 0.3 is 109 Å². The van der Waals surface area contributed by atoms with E-state index in [4.69, 9.17) is 0 Å². The van der Waals surface area contributed by atoms with Crippen LogP contribution in [0.15, 0.2) is 30.3 Å². The van der Waals surface area contributed by atoms with Gasteiger partial charge in [0, 0.05) is 0 Å². The van der Waals surface area contributed by atoms with Gasteiger partial charge in [-0.1, -0.05) is 0 Å². The molecule has 0 aromatic heterocycles. The van der Waals surface area contributed by atoms with Crippen LogP contribution in [0.3, 0.4) is 0 Å². The quantitative estimate of drug-likeness (QED) is 0.575. The number of hydrogen-bond acceptors (Lipinski definition) is 0. The van der Waals surface area contributed by atoms with E-state index < -0.39 is 10.7 Å². The van der Waals surface area contributed by atoms with Crippen molar-refractivity contribution in [3.05, 3.63) is 30.3 Å². The van der Waals surface area contributed by atoms with Crippen LogP contribution in [0, 0.1) is 5.92 Å². The zero-order chi connectivity index (χ0) is 11.6. The number of rotatable bonds is 3. The first-order valence-electron chi connectivity index (χ1n) is 5.36. The van der Waals surface area contributed by atoms with Crippen LogP contribution < -0.4 is 4.46 Å². The number of halogens is 3. The van der Waals surface area contributed by atoms with Crippen molar-refractivity contribution in [3.63, 3.8) is 0 Å². The molecule has 4 heteroatoms. The van der Waals surface area contributed by atoms with Gasteiger partial charge in [-0.05, 0) is 0 Å². The van der Waals surface area contributed by atoms with Crippen LogP contribution >= 0.6 is 15.9 Å². The van der Waals surface area contributed by atoms with E-state index >= 15 is 0 Å². The van der Waals surface area contributed by atoms with Gasteiger partial charge in [0.2, 0.25) is 0 Å². The Morgan fingerprint density at radius 1 is 1.19 bits per heavy atom. The molecule has 0 spiro atoms.